The third kappa shape index (κ3) is 4.98. The second kappa shape index (κ2) is 12.7. The van der Waals surface area contributed by atoms with Crippen molar-refractivity contribution >= 4 is 38.8 Å². The molecule has 0 unspecified atom stereocenters. The highest BCUT2D eigenvalue weighted by Crippen LogP contribution is 2.42. The summed E-state index contributed by atoms with van der Waals surface area (Å²) >= 11 is 0. The molecule has 0 aliphatic heterocycles. The molecule has 0 N–H and O–H groups in total. The van der Waals surface area contributed by atoms with Crippen molar-refractivity contribution in [3.63, 3.8) is 0 Å². The molecule has 2 aromatic heterocycles. The van der Waals surface area contributed by atoms with Crippen LogP contribution in [0, 0.1) is 34.0 Å². The van der Waals surface area contributed by atoms with Crippen LogP contribution in [0.1, 0.15) is 41.8 Å². The van der Waals surface area contributed by atoms with E-state index >= 15 is 0 Å². The van der Waals surface area contributed by atoms with Gasteiger partial charge in [-0.25, -0.2) is 0 Å². The maximum atomic E-state index is 10.6. The summed E-state index contributed by atoms with van der Waals surface area (Å²) in [5.74, 6) is 0. The molecule has 0 spiro atoms. The molecule has 0 radical (unpaired) electrons. The standard InChI is InChI=1S/C46H31N5/c1-3-12-35-36-14-5-9-19-43(36)51(41(35)4-2)44-20-10-6-15-37(44)39-17-11-13-32(29-49)46(39)33-23-31(28-48)24-34(26-33)50-42-18-8-7-16-38(42)40-25-30(27-47)21-22-45(40)50/h3,5-26H,4H2,1-2H3/b12-3-. The van der Waals surface area contributed by atoms with Gasteiger partial charge in [-0.05, 0) is 85.1 Å². The minimum absolute atomic E-state index is 0.481. The van der Waals surface area contributed by atoms with Crippen LogP contribution in [0.2, 0.25) is 0 Å². The highest BCUT2D eigenvalue weighted by Gasteiger charge is 2.22. The van der Waals surface area contributed by atoms with Crippen molar-refractivity contribution in [2.75, 3.05) is 0 Å². The highest BCUT2D eigenvalue weighted by atomic mass is 15.0. The lowest BCUT2D eigenvalue weighted by Gasteiger charge is -2.19. The van der Waals surface area contributed by atoms with E-state index in [0.717, 1.165) is 67.4 Å². The molecule has 5 heteroatoms. The number of hydrogen-bond acceptors (Lipinski definition) is 3. The molecular weight excluding hydrogens is 623 g/mol. The van der Waals surface area contributed by atoms with Gasteiger partial charge in [0, 0.05) is 44.2 Å². The monoisotopic (exact) mass is 653 g/mol. The van der Waals surface area contributed by atoms with Gasteiger partial charge in [-0.2, -0.15) is 15.8 Å². The molecule has 5 nitrogen and oxygen atoms in total. The lowest BCUT2D eigenvalue weighted by molar-refractivity contribution is 0.958. The Morgan fingerprint density at radius 2 is 1.27 bits per heavy atom. The van der Waals surface area contributed by atoms with Crippen molar-refractivity contribution in [3.8, 4) is 51.8 Å². The first-order valence-electron chi connectivity index (χ1n) is 17.0. The zero-order valence-corrected chi connectivity index (χ0v) is 28.2. The molecule has 0 aliphatic rings. The summed E-state index contributed by atoms with van der Waals surface area (Å²) < 4.78 is 4.49. The number of para-hydroxylation sites is 3. The average molecular weight is 654 g/mol. The molecule has 0 aliphatic carbocycles. The third-order valence-electron chi connectivity index (χ3n) is 9.70. The number of aromatic nitrogens is 2. The fraction of sp³-hybridized carbons (Fsp3) is 0.0652. The van der Waals surface area contributed by atoms with Crippen molar-refractivity contribution in [1.82, 2.24) is 9.13 Å². The van der Waals surface area contributed by atoms with Crippen LogP contribution in [0.3, 0.4) is 0 Å². The van der Waals surface area contributed by atoms with Gasteiger partial charge >= 0.3 is 0 Å². The van der Waals surface area contributed by atoms with Gasteiger partial charge in [0.25, 0.3) is 0 Å². The van der Waals surface area contributed by atoms with Gasteiger partial charge in [0.1, 0.15) is 0 Å². The minimum atomic E-state index is 0.481. The van der Waals surface area contributed by atoms with Gasteiger partial charge in [0.15, 0.2) is 0 Å². The zero-order valence-electron chi connectivity index (χ0n) is 28.2. The summed E-state index contributed by atoms with van der Waals surface area (Å²) in [5, 5.41) is 33.8. The highest BCUT2D eigenvalue weighted by molar-refractivity contribution is 6.10. The lowest BCUT2D eigenvalue weighted by Crippen LogP contribution is -2.03. The molecule has 0 amide bonds. The van der Waals surface area contributed by atoms with Crippen LogP contribution in [-0.4, -0.2) is 9.13 Å². The van der Waals surface area contributed by atoms with Gasteiger partial charge < -0.3 is 9.13 Å². The Morgan fingerprint density at radius 1 is 0.588 bits per heavy atom. The number of nitrogens with zero attached hydrogens (tertiary/aromatic N) is 5. The first-order valence-corrected chi connectivity index (χ1v) is 17.0. The molecule has 0 bridgehead atoms. The molecule has 51 heavy (non-hydrogen) atoms. The average Bonchev–Trinajstić information content (AvgIpc) is 3.69. The summed E-state index contributed by atoms with van der Waals surface area (Å²) in [6.45, 7) is 4.23. The van der Waals surface area contributed by atoms with Crippen molar-refractivity contribution in [2.24, 2.45) is 0 Å². The van der Waals surface area contributed by atoms with E-state index < -0.39 is 0 Å². The number of hydrogen-bond donors (Lipinski definition) is 0. The van der Waals surface area contributed by atoms with Gasteiger partial charge in [0.05, 0.1) is 57.1 Å². The van der Waals surface area contributed by atoms with Gasteiger partial charge in [-0.1, -0.05) is 85.8 Å². The van der Waals surface area contributed by atoms with Crippen LogP contribution in [0.25, 0.3) is 72.4 Å². The molecule has 0 atom stereocenters. The van der Waals surface area contributed by atoms with Crippen LogP contribution < -0.4 is 0 Å². The fourth-order valence-corrected chi connectivity index (χ4v) is 7.64. The smallest absolute Gasteiger partial charge is 0.0998 e. The Labute approximate surface area is 296 Å². The van der Waals surface area contributed by atoms with E-state index in [4.69, 9.17) is 0 Å². The van der Waals surface area contributed by atoms with Crippen molar-refractivity contribution in [2.45, 2.75) is 20.3 Å². The van der Waals surface area contributed by atoms with E-state index in [0.29, 0.717) is 16.7 Å². The molecule has 0 fully saturated rings. The van der Waals surface area contributed by atoms with Crippen molar-refractivity contribution in [1.29, 1.82) is 15.8 Å². The Balaban J connectivity index is 1.42. The predicted octanol–water partition coefficient (Wildman–Crippen LogP) is 11.3. The summed E-state index contributed by atoms with van der Waals surface area (Å²) in [4.78, 5) is 0. The van der Waals surface area contributed by atoms with Crippen LogP contribution in [0.5, 0.6) is 0 Å². The SMILES string of the molecule is C/C=C\c1c(CC)n(-c2ccccc2-c2cccc(C#N)c2-c2cc(C#N)cc(-n3c4ccccc4c4cc(C#N)ccc43)c2)c2ccccc12. The topological polar surface area (TPSA) is 81.2 Å². The first-order chi connectivity index (χ1) is 25.1. The number of rotatable bonds is 6. The quantitative estimate of drug-likeness (QED) is 0.179. The van der Waals surface area contributed by atoms with Gasteiger partial charge in [-0.3, -0.25) is 0 Å². The Morgan fingerprint density at radius 3 is 2.02 bits per heavy atom. The van der Waals surface area contributed by atoms with Crippen molar-refractivity contribution < 1.29 is 0 Å². The largest absolute Gasteiger partial charge is 0.312 e. The van der Waals surface area contributed by atoms with Crippen LogP contribution in [0.15, 0.2) is 133 Å². The summed E-state index contributed by atoms with van der Waals surface area (Å²) in [6.07, 6.45) is 5.10. The lowest BCUT2D eigenvalue weighted by atomic mass is 9.89. The molecular formula is C46H31N5. The fourth-order valence-electron chi connectivity index (χ4n) is 7.64. The van der Waals surface area contributed by atoms with Gasteiger partial charge in [-0.15, -0.1) is 0 Å². The molecule has 8 rings (SSSR count). The summed E-state index contributed by atoms with van der Waals surface area (Å²) in [5.41, 5.74) is 12.3. The first kappa shape index (κ1) is 31.2. The van der Waals surface area contributed by atoms with E-state index in [1.165, 1.54) is 16.6 Å². The maximum Gasteiger partial charge on any atom is 0.0998 e. The molecule has 8 aromatic rings. The number of fused-ring (bicyclic) bond motifs is 4. The molecule has 6 aromatic carbocycles. The zero-order chi connectivity index (χ0) is 35.1. The van der Waals surface area contributed by atoms with E-state index in [9.17, 15) is 15.8 Å². The summed E-state index contributed by atoms with van der Waals surface area (Å²) in [7, 11) is 0. The molecule has 240 valence electrons. The van der Waals surface area contributed by atoms with Crippen LogP contribution in [0.4, 0.5) is 0 Å². The number of nitriles is 3. The van der Waals surface area contributed by atoms with Gasteiger partial charge in [0.2, 0.25) is 0 Å². The van der Waals surface area contributed by atoms with Crippen LogP contribution >= 0.6 is 0 Å². The molecule has 0 saturated heterocycles. The second-order valence-corrected chi connectivity index (χ2v) is 12.5. The number of allylic oxidation sites excluding steroid dienone is 1. The van der Waals surface area contributed by atoms with E-state index in [2.05, 4.69) is 113 Å². The minimum Gasteiger partial charge on any atom is -0.312 e. The molecule has 2 heterocycles. The van der Waals surface area contributed by atoms with E-state index in [-0.39, 0.29) is 0 Å². The third-order valence-corrected chi connectivity index (χ3v) is 9.70. The molecule has 0 saturated carbocycles. The van der Waals surface area contributed by atoms with Crippen LogP contribution in [-0.2, 0) is 6.42 Å². The van der Waals surface area contributed by atoms with E-state index in [1.807, 2.05) is 67.6 Å². The second-order valence-electron chi connectivity index (χ2n) is 12.5. The maximum absolute atomic E-state index is 10.6. The Bertz CT molecular complexity index is 2840. The Kier molecular flexibility index (Phi) is 7.77. The predicted molar refractivity (Wildman–Crippen MR) is 207 cm³/mol. The Hall–Kier alpha value is -7.13. The van der Waals surface area contributed by atoms with E-state index in [1.54, 1.807) is 0 Å². The van der Waals surface area contributed by atoms with Crippen molar-refractivity contribution in [3.05, 3.63) is 161 Å². The number of benzene rings is 6. The summed E-state index contributed by atoms with van der Waals surface area (Å²) in [6, 6.07) is 49.5. The normalized spacial score (nSPS) is 11.3.